The van der Waals surface area contributed by atoms with E-state index >= 15 is 0 Å². The first-order valence-electron chi connectivity index (χ1n) is 13.0. The lowest BCUT2D eigenvalue weighted by molar-refractivity contribution is -0.433. The van der Waals surface area contributed by atoms with Gasteiger partial charge in [-0.1, -0.05) is 44.2 Å². The number of carboxylic acid groups (broad SMARTS) is 1. The van der Waals surface area contributed by atoms with Crippen LogP contribution in [0.4, 0.5) is 11.4 Å². The molecule has 3 aliphatic rings. The standard InChI is InChI=1S/C31H34N2O4/c1-7-32-23-12-10-9-11-21(23)30(3,4)25(32)16-19-27(34)20(28(19)35)17-26-31(5,6)22-15-18(29(36)37)13-14-24(22)33(26)8-2/h9-17,20,27H,7-8H2,1-6H3,(H,36,37)/b19-16-,26-17+. The third-order valence-corrected chi connectivity index (χ3v) is 8.42. The number of Topliss-reactive ketones (excluding diaryl/α,β-unsaturated/α-hetero) is 1. The molecule has 0 spiro atoms. The van der Waals surface area contributed by atoms with Gasteiger partial charge in [-0.05, 0) is 57.0 Å². The van der Waals surface area contributed by atoms with E-state index in [1.165, 1.54) is 5.56 Å². The number of carbonyl (C=O) groups is 2. The van der Waals surface area contributed by atoms with Gasteiger partial charge in [0.2, 0.25) is 5.69 Å². The molecule has 2 unspecified atom stereocenters. The molecule has 2 aliphatic heterocycles. The Morgan fingerprint density at radius 3 is 2.41 bits per heavy atom. The molecule has 0 amide bonds. The zero-order valence-corrected chi connectivity index (χ0v) is 22.3. The molecule has 5 rings (SSSR count). The van der Waals surface area contributed by atoms with E-state index in [0.29, 0.717) is 12.1 Å². The van der Waals surface area contributed by atoms with E-state index in [-0.39, 0.29) is 16.8 Å². The van der Waals surface area contributed by atoms with Gasteiger partial charge < -0.3 is 15.1 Å². The first-order valence-corrected chi connectivity index (χ1v) is 13.0. The van der Waals surface area contributed by atoms with Gasteiger partial charge in [0.15, 0.2) is 11.5 Å². The number of rotatable bonds is 5. The number of hydrogen-bond donors (Lipinski definition) is 1. The van der Waals surface area contributed by atoms with Crippen LogP contribution in [-0.2, 0) is 15.6 Å². The summed E-state index contributed by atoms with van der Waals surface area (Å²) in [5, 5.41) is 23.0. The fourth-order valence-corrected chi connectivity index (χ4v) is 6.29. The molecular formula is C31H34N2O4. The highest BCUT2D eigenvalue weighted by Gasteiger charge is 2.47. The number of hydrogen-bond acceptors (Lipinski definition) is 4. The average molecular weight is 499 g/mol. The maximum atomic E-state index is 13.5. The van der Waals surface area contributed by atoms with E-state index in [1.807, 2.05) is 51.1 Å². The van der Waals surface area contributed by atoms with Gasteiger partial charge in [0.1, 0.15) is 6.54 Å². The fourth-order valence-electron chi connectivity index (χ4n) is 6.29. The molecule has 1 fully saturated rings. The van der Waals surface area contributed by atoms with E-state index in [1.54, 1.807) is 12.1 Å². The molecular weight excluding hydrogens is 464 g/mol. The molecule has 1 N–H and O–H groups in total. The van der Waals surface area contributed by atoms with E-state index in [4.69, 9.17) is 0 Å². The zero-order chi connectivity index (χ0) is 26.9. The molecule has 0 radical (unpaired) electrons. The number of carboxylic acids is 1. The van der Waals surface area contributed by atoms with Crippen molar-refractivity contribution >= 4 is 28.8 Å². The molecule has 6 nitrogen and oxygen atoms in total. The van der Waals surface area contributed by atoms with E-state index < -0.39 is 23.4 Å². The van der Waals surface area contributed by atoms with Crippen LogP contribution in [0.5, 0.6) is 0 Å². The molecule has 6 heteroatoms. The van der Waals surface area contributed by atoms with Gasteiger partial charge in [-0.3, -0.25) is 4.79 Å². The summed E-state index contributed by atoms with van der Waals surface area (Å²) in [6, 6.07) is 13.4. The van der Waals surface area contributed by atoms with E-state index in [2.05, 4.69) is 42.4 Å². The molecule has 2 aromatic rings. The molecule has 37 heavy (non-hydrogen) atoms. The lowest BCUT2D eigenvalue weighted by Gasteiger charge is -2.43. The highest BCUT2D eigenvalue weighted by Crippen LogP contribution is 2.49. The predicted molar refractivity (Wildman–Crippen MR) is 143 cm³/mol. The summed E-state index contributed by atoms with van der Waals surface area (Å²) in [7, 11) is 0. The lowest BCUT2D eigenvalue weighted by Crippen LogP contribution is -2.53. The Morgan fingerprint density at radius 1 is 1.08 bits per heavy atom. The molecule has 0 bridgehead atoms. The van der Waals surface area contributed by atoms with Crippen molar-refractivity contribution < 1.29 is 24.4 Å². The normalized spacial score (nSPS) is 25.5. The Hall–Kier alpha value is -3.51. The number of nitrogens with zero attached hydrogens (tertiary/aromatic N) is 2. The minimum Gasteiger partial charge on any atom is -0.848 e. The van der Waals surface area contributed by atoms with Crippen molar-refractivity contribution in [2.24, 2.45) is 5.92 Å². The van der Waals surface area contributed by atoms with Crippen molar-refractivity contribution in [3.8, 4) is 0 Å². The van der Waals surface area contributed by atoms with Gasteiger partial charge >= 0.3 is 5.97 Å². The van der Waals surface area contributed by atoms with Crippen LogP contribution in [0.25, 0.3) is 0 Å². The Bertz CT molecular complexity index is 1430. The van der Waals surface area contributed by atoms with Gasteiger partial charge in [0, 0.05) is 47.0 Å². The largest absolute Gasteiger partial charge is 0.848 e. The van der Waals surface area contributed by atoms with Gasteiger partial charge in [-0.15, -0.1) is 0 Å². The second-order valence-corrected chi connectivity index (χ2v) is 11.1. The highest BCUT2D eigenvalue weighted by atomic mass is 16.4. The van der Waals surface area contributed by atoms with Gasteiger partial charge in [-0.2, -0.15) is 4.58 Å². The lowest BCUT2D eigenvalue weighted by atomic mass is 9.71. The van der Waals surface area contributed by atoms with Crippen molar-refractivity contribution in [3.05, 3.63) is 82.6 Å². The summed E-state index contributed by atoms with van der Waals surface area (Å²) in [5.74, 6) is -1.85. The van der Waals surface area contributed by atoms with Crippen molar-refractivity contribution in [2.45, 2.75) is 58.5 Å². The van der Waals surface area contributed by atoms with Crippen LogP contribution < -0.4 is 10.0 Å². The number of fused-ring (bicyclic) bond motifs is 2. The molecule has 2 heterocycles. The monoisotopic (exact) mass is 498 g/mol. The maximum absolute atomic E-state index is 13.5. The number of ketones is 1. The third kappa shape index (κ3) is 3.53. The highest BCUT2D eigenvalue weighted by molar-refractivity contribution is 6.14. The Morgan fingerprint density at radius 2 is 1.78 bits per heavy atom. The molecule has 1 aliphatic carbocycles. The summed E-state index contributed by atoms with van der Waals surface area (Å²) < 4.78 is 2.20. The number of aromatic carboxylic acids is 1. The Labute approximate surface area is 218 Å². The van der Waals surface area contributed by atoms with E-state index in [0.717, 1.165) is 34.9 Å². The number of para-hydroxylation sites is 1. The molecule has 2 aromatic carbocycles. The quantitative estimate of drug-likeness (QED) is 0.490. The van der Waals surface area contributed by atoms with Gasteiger partial charge in [0.05, 0.1) is 11.0 Å². The summed E-state index contributed by atoms with van der Waals surface area (Å²) >= 11 is 0. The van der Waals surface area contributed by atoms with Crippen LogP contribution >= 0.6 is 0 Å². The molecule has 0 aromatic heterocycles. The van der Waals surface area contributed by atoms with Crippen molar-refractivity contribution in [1.29, 1.82) is 0 Å². The summed E-state index contributed by atoms with van der Waals surface area (Å²) in [6.07, 6.45) is 2.53. The van der Waals surface area contributed by atoms with Crippen molar-refractivity contribution in [2.75, 3.05) is 18.0 Å². The maximum Gasteiger partial charge on any atom is 0.335 e. The topological polar surface area (TPSA) is 83.7 Å². The molecule has 1 saturated carbocycles. The summed E-state index contributed by atoms with van der Waals surface area (Å²) in [5.41, 5.74) is 5.73. The van der Waals surface area contributed by atoms with Gasteiger partial charge in [-0.25, -0.2) is 4.79 Å². The second kappa shape index (κ2) is 8.52. The minimum absolute atomic E-state index is 0.128. The van der Waals surface area contributed by atoms with Crippen LogP contribution in [0.1, 0.15) is 63.0 Å². The SMILES string of the molecule is CCN1/C(=C/C2C(=O)/C(=C\C3=[N+](CC)c4ccccc4C3(C)C)C2[O-])C(C)(C)c2cc(C(=O)O)ccc21. The number of likely N-dealkylation sites (N-methyl/N-ethyl adjacent to an activating group) is 1. The second-order valence-electron chi connectivity index (χ2n) is 11.1. The van der Waals surface area contributed by atoms with Crippen LogP contribution in [0.2, 0.25) is 0 Å². The van der Waals surface area contributed by atoms with Crippen molar-refractivity contribution in [3.63, 3.8) is 0 Å². The van der Waals surface area contributed by atoms with E-state index in [9.17, 15) is 19.8 Å². The van der Waals surface area contributed by atoms with Crippen LogP contribution in [0, 0.1) is 5.92 Å². The smallest absolute Gasteiger partial charge is 0.335 e. The summed E-state index contributed by atoms with van der Waals surface area (Å²) in [6.45, 7) is 13.8. The third-order valence-electron chi connectivity index (χ3n) is 8.42. The van der Waals surface area contributed by atoms with Crippen LogP contribution in [0.3, 0.4) is 0 Å². The first-order chi connectivity index (χ1) is 17.4. The fraction of sp³-hybridized carbons (Fsp3) is 0.387. The minimum atomic E-state index is -1.14. The predicted octanol–water partition coefficient (Wildman–Crippen LogP) is 4.34. The molecule has 0 saturated heterocycles. The van der Waals surface area contributed by atoms with Crippen molar-refractivity contribution in [1.82, 2.24) is 0 Å². The zero-order valence-electron chi connectivity index (χ0n) is 22.3. The molecule has 2 atom stereocenters. The number of carbonyl (C=O) groups excluding carboxylic acids is 1. The molecule has 192 valence electrons. The number of allylic oxidation sites excluding steroid dienone is 2. The number of anilines is 1. The number of benzene rings is 2. The Kier molecular flexibility index (Phi) is 5.79. The summed E-state index contributed by atoms with van der Waals surface area (Å²) in [4.78, 5) is 27.1. The van der Waals surface area contributed by atoms with Gasteiger partial charge in [0.25, 0.3) is 0 Å². The first kappa shape index (κ1) is 25.2. The van der Waals surface area contributed by atoms with Crippen LogP contribution in [0.15, 0.2) is 65.9 Å². The average Bonchev–Trinajstić information content (AvgIpc) is 3.23. The Balaban J connectivity index is 1.50. The van der Waals surface area contributed by atoms with Crippen LogP contribution in [-0.4, -0.2) is 46.3 Å².